The molecule has 0 fully saturated rings. The van der Waals surface area contributed by atoms with Gasteiger partial charge in [-0.25, -0.2) is 0 Å². The summed E-state index contributed by atoms with van der Waals surface area (Å²) in [6.45, 7) is 23.9. The van der Waals surface area contributed by atoms with Crippen LogP contribution < -0.4 is 0 Å². The monoisotopic (exact) mass is 337 g/mol. The number of hydrogen-bond donors (Lipinski definition) is 0. The van der Waals surface area contributed by atoms with Gasteiger partial charge in [-0.2, -0.15) is 0 Å². The molecule has 0 atom stereocenters. The first kappa shape index (κ1) is 19.7. The Hall–Kier alpha value is 0.748. The third-order valence-corrected chi connectivity index (χ3v) is 13.9. The minimum absolute atomic E-state index is 0.811. The topological polar surface area (TPSA) is 27.7 Å². The largest absolute Gasteiger partial charge is 0.469 e. The first-order valence-electron chi connectivity index (χ1n) is 7.08. The summed E-state index contributed by atoms with van der Waals surface area (Å²) in [6.07, 6.45) is 0.811. The third-order valence-electron chi connectivity index (χ3n) is 1.87. The van der Waals surface area contributed by atoms with Crippen LogP contribution in [0.2, 0.25) is 65.0 Å². The fourth-order valence-corrected chi connectivity index (χ4v) is 16.3. The number of rotatable bonds is 8. The molecule has 1 radical (unpaired) electrons. The minimum atomic E-state index is -2.58. The molecule has 0 unspecified atom stereocenters. The lowest BCUT2D eigenvalue weighted by molar-refractivity contribution is 0.252. The maximum atomic E-state index is 6.48. The molecule has 0 aliphatic carbocycles. The standard InChI is InChI=1S/C12H33O3Si4/c1-11-12-19(13-16(2,3)4,14-17(5,6)7)15-18(8,9)10/h1,11-12H2,2-10H3. The van der Waals surface area contributed by atoms with E-state index in [2.05, 4.69) is 65.8 Å². The molecule has 115 valence electrons. The van der Waals surface area contributed by atoms with Gasteiger partial charge in [0, 0.05) is 6.04 Å². The van der Waals surface area contributed by atoms with Crippen molar-refractivity contribution < 1.29 is 12.3 Å². The highest BCUT2D eigenvalue weighted by atomic mass is 28.5. The predicted molar refractivity (Wildman–Crippen MR) is 93.8 cm³/mol. The van der Waals surface area contributed by atoms with Crippen LogP contribution >= 0.6 is 0 Å². The van der Waals surface area contributed by atoms with Gasteiger partial charge in [0.05, 0.1) is 0 Å². The lowest BCUT2D eigenvalue weighted by Crippen LogP contribution is -2.60. The van der Waals surface area contributed by atoms with Crippen LogP contribution in [0.5, 0.6) is 0 Å². The van der Waals surface area contributed by atoms with Crippen molar-refractivity contribution in [3.8, 4) is 0 Å². The molecular weight excluding hydrogens is 304 g/mol. The van der Waals surface area contributed by atoms with Gasteiger partial charge in [0.25, 0.3) is 0 Å². The summed E-state index contributed by atoms with van der Waals surface area (Å²) in [5, 5.41) is 0. The molecule has 0 aromatic rings. The predicted octanol–water partition coefficient (Wildman–Crippen LogP) is 4.70. The zero-order valence-electron chi connectivity index (χ0n) is 14.3. The first-order valence-corrected chi connectivity index (χ1v) is 19.2. The van der Waals surface area contributed by atoms with Crippen LogP contribution in [0.15, 0.2) is 0 Å². The molecule has 0 aliphatic heterocycles. The number of hydrogen-bond acceptors (Lipinski definition) is 3. The second kappa shape index (κ2) is 6.67. The highest BCUT2D eigenvalue weighted by Gasteiger charge is 2.49. The molecule has 0 amide bonds. The normalized spacial score (nSPS) is 14.8. The second-order valence-corrected chi connectivity index (χ2v) is 24.9. The summed E-state index contributed by atoms with van der Waals surface area (Å²) >= 11 is 0. The Morgan fingerprint density at radius 3 is 1.05 bits per heavy atom. The lowest BCUT2D eigenvalue weighted by atomic mass is 10.6. The van der Waals surface area contributed by atoms with E-state index in [1.807, 2.05) is 0 Å². The Kier molecular flexibility index (Phi) is 6.94. The molecule has 7 heteroatoms. The summed E-state index contributed by atoms with van der Waals surface area (Å²) < 4.78 is 19.4. The lowest BCUT2D eigenvalue weighted by Gasteiger charge is -2.42. The van der Waals surface area contributed by atoms with Gasteiger partial charge in [0.1, 0.15) is 0 Å². The van der Waals surface area contributed by atoms with Crippen molar-refractivity contribution in [3.05, 3.63) is 6.92 Å². The summed E-state index contributed by atoms with van der Waals surface area (Å²) in [5.41, 5.74) is 0. The van der Waals surface area contributed by atoms with E-state index in [1.54, 1.807) is 0 Å². The summed E-state index contributed by atoms with van der Waals surface area (Å²) in [6, 6.07) is 0.839. The van der Waals surface area contributed by atoms with E-state index in [-0.39, 0.29) is 0 Å². The van der Waals surface area contributed by atoms with Crippen LogP contribution in [-0.4, -0.2) is 33.8 Å². The van der Waals surface area contributed by atoms with Crippen molar-refractivity contribution in [2.24, 2.45) is 0 Å². The molecule has 0 bridgehead atoms. The SMILES string of the molecule is [CH2]CC[Si](O[Si](C)(C)C)(O[Si](C)(C)C)O[Si](C)(C)C. The van der Waals surface area contributed by atoms with E-state index < -0.39 is 33.8 Å². The minimum Gasteiger partial charge on any atom is -0.417 e. The van der Waals surface area contributed by atoms with Crippen LogP contribution in [-0.2, 0) is 12.3 Å². The zero-order valence-corrected chi connectivity index (χ0v) is 18.3. The van der Waals surface area contributed by atoms with E-state index in [0.29, 0.717) is 0 Å². The molecule has 0 N–H and O–H groups in total. The van der Waals surface area contributed by atoms with Gasteiger partial charge in [-0.05, 0) is 65.3 Å². The van der Waals surface area contributed by atoms with Gasteiger partial charge in [0.15, 0.2) is 25.0 Å². The molecule has 0 spiro atoms. The molecule has 0 rings (SSSR count). The molecule has 0 aromatic carbocycles. The third kappa shape index (κ3) is 10.2. The van der Waals surface area contributed by atoms with Gasteiger partial charge in [0.2, 0.25) is 0 Å². The van der Waals surface area contributed by atoms with Gasteiger partial charge >= 0.3 is 8.80 Å². The molecule has 0 aliphatic rings. The zero-order chi connectivity index (χ0) is 15.5. The fraction of sp³-hybridized carbons (Fsp3) is 0.917. The van der Waals surface area contributed by atoms with Crippen LogP contribution in [0.25, 0.3) is 0 Å². The van der Waals surface area contributed by atoms with Crippen LogP contribution in [0, 0.1) is 6.92 Å². The highest BCUT2D eigenvalue weighted by molar-refractivity contribution is 6.90. The Morgan fingerprint density at radius 1 is 0.632 bits per heavy atom. The smallest absolute Gasteiger partial charge is 0.417 e. The average molecular weight is 338 g/mol. The fourth-order valence-electron chi connectivity index (χ4n) is 1.83. The van der Waals surface area contributed by atoms with E-state index in [1.165, 1.54) is 0 Å². The van der Waals surface area contributed by atoms with E-state index in [4.69, 9.17) is 12.3 Å². The average Bonchev–Trinajstić information content (AvgIpc) is 1.90. The quantitative estimate of drug-likeness (QED) is 0.601. The Bertz CT molecular complexity index is 235. The van der Waals surface area contributed by atoms with Crippen LogP contribution in [0.1, 0.15) is 6.42 Å². The second-order valence-electron chi connectivity index (χ2n) is 7.93. The summed E-state index contributed by atoms with van der Waals surface area (Å²) in [7, 11) is -7.68. The van der Waals surface area contributed by atoms with Gasteiger partial charge in [-0.1, -0.05) is 6.92 Å². The molecular formula is C12H33O3Si4. The van der Waals surface area contributed by atoms with Crippen molar-refractivity contribution in [1.82, 2.24) is 0 Å². The van der Waals surface area contributed by atoms with Crippen molar-refractivity contribution >= 4 is 33.8 Å². The molecule has 0 heterocycles. The summed E-state index contributed by atoms with van der Waals surface area (Å²) in [4.78, 5) is 0. The van der Waals surface area contributed by atoms with Crippen molar-refractivity contribution in [2.45, 2.75) is 71.4 Å². The highest BCUT2D eigenvalue weighted by Crippen LogP contribution is 2.29. The molecule has 0 saturated carbocycles. The maximum Gasteiger partial charge on any atom is 0.469 e. The molecule has 3 nitrogen and oxygen atoms in total. The van der Waals surface area contributed by atoms with Gasteiger partial charge in [-0.15, -0.1) is 0 Å². The van der Waals surface area contributed by atoms with Crippen molar-refractivity contribution in [2.75, 3.05) is 0 Å². The molecule has 0 aromatic heterocycles. The molecule has 0 saturated heterocycles. The maximum absolute atomic E-state index is 6.48. The van der Waals surface area contributed by atoms with E-state index in [9.17, 15) is 0 Å². The van der Waals surface area contributed by atoms with Gasteiger partial charge in [-0.3, -0.25) is 0 Å². The Labute approximate surface area is 124 Å². The van der Waals surface area contributed by atoms with E-state index >= 15 is 0 Å². The van der Waals surface area contributed by atoms with Crippen molar-refractivity contribution in [3.63, 3.8) is 0 Å². The van der Waals surface area contributed by atoms with E-state index in [0.717, 1.165) is 12.5 Å². The first-order chi connectivity index (χ1) is 8.18. The van der Waals surface area contributed by atoms with Crippen LogP contribution in [0.4, 0.5) is 0 Å². The Morgan fingerprint density at radius 2 is 0.895 bits per heavy atom. The Balaban J connectivity index is 5.34. The van der Waals surface area contributed by atoms with Gasteiger partial charge < -0.3 is 12.3 Å². The molecule has 19 heavy (non-hydrogen) atoms. The summed E-state index contributed by atoms with van der Waals surface area (Å²) in [5.74, 6) is 0. The van der Waals surface area contributed by atoms with Crippen molar-refractivity contribution in [1.29, 1.82) is 0 Å². The van der Waals surface area contributed by atoms with Crippen LogP contribution in [0.3, 0.4) is 0 Å².